The number of hydrogen-bond donors (Lipinski definition) is 1. The molecule has 1 aliphatic carbocycles. The molecule has 1 aromatic rings. The van der Waals surface area contributed by atoms with Crippen LogP contribution in [-0.2, 0) is 10.2 Å². The molecule has 1 fully saturated rings. The van der Waals surface area contributed by atoms with E-state index < -0.39 is 11.4 Å². The van der Waals surface area contributed by atoms with Gasteiger partial charge in [-0.15, -0.1) is 0 Å². The highest BCUT2D eigenvalue weighted by atomic mass is 16.4. The van der Waals surface area contributed by atoms with Crippen LogP contribution in [-0.4, -0.2) is 11.1 Å². The van der Waals surface area contributed by atoms with Gasteiger partial charge in [0.05, 0.1) is 5.41 Å². The zero-order chi connectivity index (χ0) is 12.8. The highest BCUT2D eigenvalue weighted by Gasteiger charge is 2.47. The van der Waals surface area contributed by atoms with E-state index in [1.807, 2.05) is 0 Å². The van der Waals surface area contributed by atoms with Gasteiger partial charge < -0.3 is 5.11 Å². The topological polar surface area (TPSA) is 37.3 Å². The fourth-order valence-electron chi connectivity index (χ4n) is 3.04. The normalized spacial score (nSPS) is 17.6. The van der Waals surface area contributed by atoms with E-state index in [-0.39, 0.29) is 0 Å². The molecule has 1 aromatic carbocycles. The van der Waals surface area contributed by atoms with Crippen molar-refractivity contribution >= 4 is 5.97 Å². The minimum Gasteiger partial charge on any atom is -0.481 e. The van der Waals surface area contributed by atoms with Crippen LogP contribution in [0.1, 0.15) is 47.1 Å². The molecular formula is C15H20O2. The molecule has 92 valence electrons. The first-order chi connectivity index (χ1) is 7.90. The number of hydrogen-bond acceptors (Lipinski definition) is 1. The number of carboxylic acid groups (broad SMARTS) is 1. The van der Waals surface area contributed by atoms with E-state index in [0.717, 1.165) is 36.0 Å². The van der Waals surface area contributed by atoms with Gasteiger partial charge in [0.1, 0.15) is 0 Å². The van der Waals surface area contributed by atoms with Crippen LogP contribution in [0.3, 0.4) is 0 Å². The lowest BCUT2D eigenvalue weighted by molar-refractivity contribution is -0.147. The van der Waals surface area contributed by atoms with E-state index in [1.165, 1.54) is 11.1 Å². The molecule has 1 saturated carbocycles. The maximum atomic E-state index is 11.6. The van der Waals surface area contributed by atoms with Gasteiger partial charge in [0.25, 0.3) is 0 Å². The standard InChI is InChI=1S/C15H20O2/c1-9-8-10(2)12(4)13(11(9)3)15(14(16)17)6-5-7-15/h8H,5-7H2,1-4H3,(H,16,17). The predicted octanol–water partition coefficient (Wildman–Crippen LogP) is 3.43. The number of rotatable bonds is 2. The number of aryl methyl sites for hydroxylation is 2. The van der Waals surface area contributed by atoms with Gasteiger partial charge >= 0.3 is 5.97 Å². The summed E-state index contributed by atoms with van der Waals surface area (Å²) in [4.78, 5) is 11.6. The van der Waals surface area contributed by atoms with E-state index in [0.29, 0.717) is 0 Å². The molecule has 2 heteroatoms. The molecule has 1 aliphatic rings. The first-order valence-electron chi connectivity index (χ1n) is 6.21. The van der Waals surface area contributed by atoms with E-state index in [2.05, 4.69) is 33.8 Å². The molecule has 1 N–H and O–H groups in total. The third-order valence-electron chi connectivity index (χ3n) is 4.46. The van der Waals surface area contributed by atoms with Crippen LogP contribution in [0.4, 0.5) is 0 Å². The lowest BCUT2D eigenvalue weighted by Crippen LogP contribution is -2.43. The molecule has 0 saturated heterocycles. The van der Waals surface area contributed by atoms with Gasteiger partial charge in [-0.25, -0.2) is 0 Å². The molecule has 17 heavy (non-hydrogen) atoms. The Bertz CT molecular complexity index is 456. The summed E-state index contributed by atoms with van der Waals surface area (Å²) in [6, 6.07) is 2.16. The molecule has 0 aliphatic heterocycles. The molecule has 0 unspecified atom stereocenters. The van der Waals surface area contributed by atoms with Crippen molar-refractivity contribution in [1.82, 2.24) is 0 Å². The van der Waals surface area contributed by atoms with Gasteiger partial charge in [-0.3, -0.25) is 4.79 Å². The van der Waals surface area contributed by atoms with Crippen LogP contribution in [0.5, 0.6) is 0 Å². The molecular weight excluding hydrogens is 212 g/mol. The monoisotopic (exact) mass is 232 g/mol. The predicted molar refractivity (Wildman–Crippen MR) is 68.6 cm³/mol. The van der Waals surface area contributed by atoms with Crippen molar-refractivity contribution in [1.29, 1.82) is 0 Å². The number of carboxylic acids is 1. The van der Waals surface area contributed by atoms with Crippen molar-refractivity contribution in [2.24, 2.45) is 0 Å². The summed E-state index contributed by atoms with van der Waals surface area (Å²) in [7, 11) is 0. The van der Waals surface area contributed by atoms with Gasteiger partial charge in [-0.1, -0.05) is 12.5 Å². The van der Waals surface area contributed by atoms with Crippen LogP contribution in [0.2, 0.25) is 0 Å². The van der Waals surface area contributed by atoms with Crippen molar-refractivity contribution in [3.63, 3.8) is 0 Å². The minimum absolute atomic E-state index is 0.606. The minimum atomic E-state index is -0.653. The van der Waals surface area contributed by atoms with Crippen LogP contribution in [0.15, 0.2) is 6.07 Å². The lowest BCUT2D eigenvalue weighted by Gasteiger charge is -2.41. The van der Waals surface area contributed by atoms with Crippen molar-refractivity contribution in [2.45, 2.75) is 52.4 Å². The fourth-order valence-corrected chi connectivity index (χ4v) is 3.04. The molecule has 0 aromatic heterocycles. The molecule has 0 spiro atoms. The second-order valence-corrected chi connectivity index (χ2v) is 5.38. The number of carbonyl (C=O) groups is 1. The summed E-state index contributed by atoms with van der Waals surface area (Å²) in [6.07, 6.45) is 2.60. The van der Waals surface area contributed by atoms with Crippen molar-refractivity contribution in [3.05, 3.63) is 33.9 Å². The second kappa shape index (κ2) is 3.86. The average molecular weight is 232 g/mol. The molecule has 2 nitrogen and oxygen atoms in total. The van der Waals surface area contributed by atoms with Crippen molar-refractivity contribution < 1.29 is 9.90 Å². The summed E-state index contributed by atoms with van der Waals surface area (Å²) in [6.45, 7) is 8.25. The zero-order valence-corrected chi connectivity index (χ0v) is 11.1. The van der Waals surface area contributed by atoms with Crippen LogP contribution < -0.4 is 0 Å². The van der Waals surface area contributed by atoms with Crippen molar-refractivity contribution in [3.8, 4) is 0 Å². The molecule has 0 heterocycles. The Morgan fingerprint density at radius 2 is 1.59 bits per heavy atom. The van der Waals surface area contributed by atoms with Crippen molar-refractivity contribution in [2.75, 3.05) is 0 Å². The van der Waals surface area contributed by atoms with Gasteiger partial charge in [0.2, 0.25) is 0 Å². The van der Waals surface area contributed by atoms with Gasteiger partial charge in [-0.05, 0) is 68.4 Å². The van der Waals surface area contributed by atoms with E-state index in [1.54, 1.807) is 0 Å². The van der Waals surface area contributed by atoms with Gasteiger partial charge in [0, 0.05) is 0 Å². The Kier molecular flexibility index (Phi) is 2.76. The third-order valence-corrected chi connectivity index (χ3v) is 4.46. The first kappa shape index (κ1) is 12.2. The quantitative estimate of drug-likeness (QED) is 0.848. The van der Waals surface area contributed by atoms with Crippen LogP contribution in [0, 0.1) is 27.7 Å². The Balaban J connectivity index is 2.70. The second-order valence-electron chi connectivity index (χ2n) is 5.38. The smallest absolute Gasteiger partial charge is 0.314 e. The average Bonchev–Trinajstić information content (AvgIpc) is 2.18. The van der Waals surface area contributed by atoms with Gasteiger partial charge in [0.15, 0.2) is 0 Å². The maximum absolute atomic E-state index is 11.6. The Morgan fingerprint density at radius 1 is 1.12 bits per heavy atom. The summed E-state index contributed by atoms with van der Waals surface area (Å²) >= 11 is 0. The maximum Gasteiger partial charge on any atom is 0.314 e. The molecule has 0 amide bonds. The summed E-state index contributed by atoms with van der Waals surface area (Å²) in [5.74, 6) is -0.653. The Labute approximate surface area is 103 Å². The number of benzene rings is 1. The molecule has 0 bridgehead atoms. The Morgan fingerprint density at radius 3 is 1.88 bits per heavy atom. The third kappa shape index (κ3) is 1.58. The van der Waals surface area contributed by atoms with E-state index >= 15 is 0 Å². The largest absolute Gasteiger partial charge is 0.481 e. The zero-order valence-electron chi connectivity index (χ0n) is 11.1. The summed E-state index contributed by atoms with van der Waals surface area (Å²) < 4.78 is 0. The molecule has 2 rings (SSSR count). The summed E-state index contributed by atoms with van der Waals surface area (Å²) in [5, 5.41) is 9.57. The van der Waals surface area contributed by atoms with Crippen LogP contribution >= 0.6 is 0 Å². The Hall–Kier alpha value is -1.31. The lowest BCUT2D eigenvalue weighted by atomic mass is 9.61. The molecule has 0 radical (unpaired) electrons. The first-order valence-corrected chi connectivity index (χ1v) is 6.21. The highest BCUT2D eigenvalue weighted by molar-refractivity contribution is 5.84. The molecule has 0 atom stereocenters. The number of aliphatic carboxylic acids is 1. The SMILES string of the molecule is Cc1cc(C)c(C)c(C2(C(=O)O)CCC2)c1C. The summed E-state index contributed by atoms with van der Waals surface area (Å²) in [5.41, 5.74) is 5.20. The van der Waals surface area contributed by atoms with E-state index in [9.17, 15) is 9.90 Å². The van der Waals surface area contributed by atoms with Gasteiger partial charge in [-0.2, -0.15) is 0 Å². The van der Waals surface area contributed by atoms with Crippen LogP contribution in [0.25, 0.3) is 0 Å². The highest BCUT2D eigenvalue weighted by Crippen LogP contribution is 2.47. The fraction of sp³-hybridized carbons (Fsp3) is 0.533. The van der Waals surface area contributed by atoms with E-state index in [4.69, 9.17) is 0 Å².